The number of carbonyl (C=O) groups excluding carboxylic acids is 1. The molecule has 0 radical (unpaired) electrons. The topological polar surface area (TPSA) is 98.9 Å². The molecule has 1 aromatic carbocycles. The summed E-state index contributed by atoms with van der Waals surface area (Å²) in [7, 11) is 1.47. The van der Waals surface area contributed by atoms with Crippen molar-refractivity contribution in [3.63, 3.8) is 0 Å². The molecule has 0 bridgehead atoms. The number of hydrogen-bond donors (Lipinski definition) is 1. The second kappa shape index (κ2) is 5.21. The zero-order valence-corrected chi connectivity index (χ0v) is 9.82. The normalized spacial score (nSPS) is 9.95. The van der Waals surface area contributed by atoms with E-state index in [9.17, 15) is 9.59 Å². The zero-order chi connectivity index (χ0) is 13.8. The van der Waals surface area contributed by atoms with Crippen molar-refractivity contribution < 1.29 is 28.7 Å². The average molecular weight is 263 g/mol. The monoisotopic (exact) mass is 263 g/mol. The lowest BCUT2D eigenvalue weighted by Gasteiger charge is -2.04. The molecule has 1 aromatic heterocycles. The van der Waals surface area contributed by atoms with Gasteiger partial charge in [-0.15, -0.1) is 0 Å². The molecule has 0 aliphatic carbocycles. The van der Waals surface area contributed by atoms with Gasteiger partial charge in [0, 0.05) is 6.07 Å². The van der Waals surface area contributed by atoms with Gasteiger partial charge in [-0.1, -0.05) is 11.2 Å². The van der Waals surface area contributed by atoms with Gasteiger partial charge in [0.2, 0.25) is 0 Å². The van der Waals surface area contributed by atoms with Crippen molar-refractivity contribution >= 4 is 11.9 Å². The SMILES string of the molecule is COc1cccc(OC(=O)c2oncc2C(=O)O)c1. The minimum absolute atomic E-state index is 0.206. The molecule has 19 heavy (non-hydrogen) atoms. The van der Waals surface area contributed by atoms with Crippen molar-refractivity contribution in [1.29, 1.82) is 0 Å². The van der Waals surface area contributed by atoms with Crippen LogP contribution >= 0.6 is 0 Å². The number of hydrogen-bond acceptors (Lipinski definition) is 6. The molecule has 0 saturated heterocycles. The van der Waals surface area contributed by atoms with Crippen LogP contribution in [0, 0.1) is 0 Å². The molecular weight excluding hydrogens is 254 g/mol. The third-order valence-electron chi connectivity index (χ3n) is 2.24. The van der Waals surface area contributed by atoms with E-state index in [0.717, 1.165) is 6.20 Å². The van der Waals surface area contributed by atoms with Crippen LogP contribution in [0.15, 0.2) is 35.0 Å². The lowest BCUT2D eigenvalue weighted by molar-refractivity contribution is 0.0644. The molecule has 0 amide bonds. The maximum absolute atomic E-state index is 11.7. The molecule has 0 aliphatic rings. The summed E-state index contributed by atoms with van der Waals surface area (Å²) in [6, 6.07) is 6.31. The summed E-state index contributed by atoms with van der Waals surface area (Å²) >= 11 is 0. The highest BCUT2D eigenvalue weighted by Crippen LogP contribution is 2.20. The molecule has 2 rings (SSSR count). The number of aromatic carboxylic acids is 1. The van der Waals surface area contributed by atoms with E-state index >= 15 is 0 Å². The second-order valence-corrected chi connectivity index (χ2v) is 3.44. The smallest absolute Gasteiger partial charge is 0.383 e. The molecule has 7 nitrogen and oxygen atoms in total. The summed E-state index contributed by atoms with van der Waals surface area (Å²) in [5, 5.41) is 12.1. The molecule has 1 N–H and O–H groups in total. The summed E-state index contributed by atoms with van der Waals surface area (Å²) in [4.78, 5) is 22.6. The van der Waals surface area contributed by atoms with Crippen molar-refractivity contribution in [2.45, 2.75) is 0 Å². The van der Waals surface area contributed by atoms with Gasteiger partial charge in [0.05, 0.1) is 13.3 Å². The minimum atomic E-state index is -1.32. The fourth-order valence-electron chi connectivity index (χ4n) is 1.36. The Kier molecular flexibility index (Phi) is 3.46. The lowest BCUT2D eigenvalue weighted by atomic mass is 10.2. The summed E-state index contributed by atoms with van der Waals surface area (Å²) < 4.78 is 14.5. The van der Waals surface area contributed by atoms with E-state index in [0.29, 0.717) is 5.75 Å². The van der Waals surface area contributed by atoms with Gasteiger partial charge in [0.25, 0.3) is 5.76 Å². The van der Waals surface area contributed by atoms with Crippen LogP contribution < -0.4 is 9.47 Å². The molecule has 2 aromatic rings. The number of carboxylic acid groups (broad SMARTS) is 1. The first-order chi connectivity index (χ1) is 9.11. The third kappa shape index (κ3) is 2.71. The average Bonchev–Trinajstić information content (AvgIpc) is 2.88. The number of nitrogens with zero attached hydrogens (tertiary/aromatic N) is 1. The Morgan fingerprint density at radius 2 is 2.05 bits per heavy atom. The first kappa shape index (κ1) is 12.6. The molecule has 1 heterocycles. The highest BCUT2D eigenvalue weighted by Gasteiger charge is 2.24. The lowest BCUT2D eigenvalue weighted by Crippen LogP contribution is -2.12. The largest absolute Gasteiger partial charge is 0.497 e. The van der Waals surface area contributed by atoms with Crippen molar-refractivity contribution in [3.05, 3.63) is 41.8 Å². The van der Waals surface area contributed by atoms with E-state index in [1.54, 1.807) is 12.1 Å². The van der Waals surface area contributed by atoms with E-state index < -0.39 is 17.7 Å². The van der Waals surface area contributed by atoms with Crippen LogP contribution in [0.3, 0.4) is 0 Å². The predicted octanol–water partition coefficient (Wildman–Crippen LogP) is 1.60. The van der Waals surface area contributed by atoms with Gasteiger partial charge in [-0.3, -0.25) is 0 Å². The van der Waals surface area contributed by atoms with Crippen molar-refractivity contribution in [3.8, 4) is 11.5 Å². The van der Waals surface area contributed by atoms with Gasteiger partial charge < -0.3 is 19.1 Å². The second-order valence-electron chi connectivity index (χ2n) is 3.44. The highest BCUT2D eigenvalue weighted by molar-refractivity contribution is 6.00. The quantitative estimate of drug-likeness (QED) is 0.660. The Morgan fingerprint density at radius 1 is 1.32 bits per heavy atom. The van der Waals surface area contributed by atoms with E-state index in [1.165, 1.54) is 19.2 Å². The molecule has 0 saturated carbocycles. The third-order valence-corrected chi connectivity index (χ3v) is 2.24. The molecule has 0 fully saturated rings. The van der Waals surface area contributed by atoms with Gasteiger partial charge in [0.1, 0.15) is 17.1 Å². The van der Waals surface area contributed by atoms with Crippen LogP contribution in [0.4, 0.5) is 0 Å². The van der Waals surface area contributed by atoms with E-state index in [2.05, 4.69) is 9.68 Å². The zero-order valence-electron chi connectivity index (χ0n) is 9.82. The van der Waals surface area contributed by atoms with E-state index in [4.69, 9.17) is 14.6 Å². The van der Waals surface area contributed by atoms with Crippen molar-refractivity contribution in [2.24, 2.45) is 0 Å². The van der Waals surface area contributed by atoms with Crippen LogP contribution in [0.5, 0.6) is 11.5 Å². The number of carbonyl (C=O) groups is 2. The number of esters is 1. The summed E-state index contributed by atoms with van der Waals surface area (Å²) in [6.07, 6.45) is 0.935. The van der Waals surface area contributed by atoms with Crippen LogP contribution in [0.25, 0.3) is 0 Å². The van der Waals surface area contributed by atoms with Crippen LogP contribution in [-0.2, 0) is 0 Å². The van der Waals surface area contributed by atoms with Crippen molar-refractivity contribution in [2.75, 3.05) is 7.11 Å². The number of carboxylic acids is 1. The van der Waals surface area contributed by atoms with Crippen LogP contribution in [0.1, 0.15) is 20.9 Å². The Hall–Kier alpha value is -2.83. The first-order valence-corrected chi connectivity index (χ1v) is 5.16. The molecule has 0 aliphatic heterocycles. The molecular formula is C12H9NO6. The number of rotatable bonds is 4. The van der Waals surface area contributed by atoms with Gasteiger partial charge >= 0.3 is 11.9 Å². The molecule has 7 heteroatoms. The Morgan fingerprint density at radius 3 is 2.74 bits per heavy atom. The van der Waals surface area contributed by atoms with Gasteiger partial charge in [0.15, 0.2) is 0 Å². The molecule has 0 spiro atoms. The molecule has 0 atom stereocenters. The van der Waals surface area contributed by atoms with Crippen LogP contribution in [-0.4, -0.2) is 29.3 Å². The Bertz CT molecular complexity index is 618. The predicted molar refractivity (Wildman–Crippen MR) is 61.4 cm³/mol. The standard InChI is InChI=1S/C12H9NO6/c1-17-7-3-2-4-8(5-7)18-12(16)10-9(11(14)15)6-13-19-10/h2-6H,1H3,(H,14,15). The number of methoxy groups -OCH3 is 1. The number of ether oxygens (including phenoxy) is 2. The van der Waals surface area contributed by atoms with E-state index in [1.807, 2.05) is 0 Å². The number of benzene rings is 1. The molecule has 0 unspecified atom stereocenters. The molecule has 98 valence electrons. The summed E-state index contributed by atoms with van der Waals surface area (Å²) in [5.41, 5.74) is -0.354. The van der Waals surface area contributed by atoms with Crippen molar-refractivity contribution in [1.82, 2.24) is 5.16 Å². The van der Waals surface area contributed by atoms with Crippen LogP contribution in [0.2, 0.25) is 0 Å². The van der Waals surface area contributed by atoms with Gasteiger partial charge in [-0.2, -0.15) is 0 Å². The maximum atomic E-state index is 11.7. The fraction of sp³-hybridized carbons (Fsp3) is 0.0833. The fourth-order valence-corrected chi connectivity index (χ4v) is 1.36. The summed E-state index contributed by atoms with van der Waals surface area (Å²) in [6.45, 7) is 0. The number of aromatic nitrogens is 1. The van der Waals surface area contributed by atoms with E-state index in [-0.39, 0.29) is 11.3 Å². The summed E-state index contributed by atoms with van der Waals surface area (Å²) in [5.74, 6) is -2.02. The maximum Gasteiger partial charge on any atom is 0.383 e. The Labute approximate surface area is 107 Å². The van der Waals surface area contributed by atoms with Gasteiger partial charge in [-0.25, -0.2) is 9.59 Å². The van der Waals surface area contributed by atoms with Gasteiger partial charge in [-0.05, 0) is 12.1 Å². The first-order valence-electron chi connectivity index (χ1n) is 5.16. The minimum Gasteiger partial charge on any atom is -0.497 e. The Balaban J connectivity index is 2.20. The highest BCUT2D eigenvalue weighted by atomic mass is 16.6.